The molecule has 24 heavy (non-hydrogen) atoms. The standard InChI is InChI=1S/C17H24BrN3O3/c1-5-22-14-8-12(13(18)10-15(14)23-6-2)9-17-20-16(21-24-17)7-11(3)19-4/h8,10-11,19H,5-7,9H2,1-4H3. The highest BCUT2D eigenvalue weighted by Crippen LogP contribution is 2.34. The van der Waals surface area contributed by atoms with Crippen LogP contribution in [0.4, 0.5) is 0 Å². The maximum atomic E-state index is 5.67. The van der Waals surface area contributed by atoms with E-state index in [1.54, 1.807) is 0 Å². The molecule has 0 fully saturated rings. The van der Waals surface area contributed by atoms with Gasteiger partial charge < -0.3 is 19.3 Å². The molecule has 0 amide bonds. The van der Waals surface area contributed by atoms with Crippen LogP contribution in [0.5, 0.6) is 11.5 Å². The van der Waals surface area contributed by atoms with Crippen LogP contribution in [0.1, 0.15) is 38.0 Å². The summed E-state index contributed by atoms with van der Waals surface area (Å²) < 4.78 is 17.6. The largest absolute Gasteiger partial charge is 0.490 e. The average Bonchev–Trinajstić information content (AvgIpc) is 2.99. The van der Waals surface area contributed by atoms with Crippen LogP contribution in [0, 0.1) is 0 Å². The first-order chi connectivity index (χ1) is 11.6. The molecule has 2 rings (SSSR count). The number of hydrogen-bond acceptors (Lipinski definition) is 6. The molecule has 7 heteroatoms. The topological polar surface area (TPSA) is 69.4 Å². The van der Waals surface area contributed by atoms with Crippen molar-refractivity contribution in [2.24, 2.45) is 0 Å². The molecule has 1 heterocycles. The summed E-state index contributed by atoms with van der Waals surface area (Å²) in [5.74, 6) is 2.74. The molecule has 1 aromatic carbocycles. The number of rotatable bonds is 9. The van der Waals surface area contributed by atoms with Crippen LogP contribution in [-0.4, -0.2) is 36.4 Å². The van der Waals surface area contributed by atoms with Gasteiger partial charge in [-0.05, 0) is 45.5 Å². The fraction of sp³-hybridized carbons (Fsp3) is 0.529. The lowest BCUT2D eigenvalue weighted by atomic mass is 10.1. The number of halogens is 1. The zero-order valence-electron chi connectivity index (χ0n) is 14.6. The third-order valence-corrected chi connectivity index (χ3v) is 4.28. The van der Waals surface area contributed by atoms with Gasteiger partial charge in [0.05, 0.1) is 19.6 Å². The molecule has 1 unspecified atom stereocenters. The van der Waals surface area contributed by atoms with E-state index in [-0.39, 0.29) is 0 Å². The molecule has 0 saturated carbocycles. The molecule has 0 spiro atoms. The number of likely N-dealkylation sites (N-methyl/N-ethyl adjacent to an activating group) is 1. The molecule has 0 aliphatic rings. The first-order valence-electron chi connectivity index (χ1n) is 8.14. The van der Waals surface area contributed by atoms with E-state index in [0.717, 1.165) is 28.0 Å². The van der Waals surface area contributed by atoms with Gasteiger partial charge in [-0.2, -0.15) is 4.98 Å². The number of hydrogen-bond donors (Lipinski definition) is 1. The highest BCUT2D eigenvalue weighted by molar-refractivity contribution is 9.10. The molecule has 0 aliphatic heterocycles. The van der Waals surface area contributed by atoms with Crippen molar-refractivity contribution in [2.45, 2.75) is 39.7 Å². The Hall–Kier alpha value is -1.60. The molecule has 0 aliphatic carbocycles. The van der Waals surface area contributed by atoms with Crippen LogP contribution in [-0.2, 0) is 12.8 Å². The van der Waals surface area contributed by atoms with E-state index in [2.05, 4.69) is 38.3 Å². The van der Waals surface area contributed by atoms with Gasteiger partial charge in [0, 0.05) is 16.9 Å². The fourth-order valence-electron chi connectivity index (χ4n) is 2.23. The molecule has 0 bridgehead atoms. The lowest BCUT2D eigenvalue weighted by Gasteiger charge is -2.13. The Bertz CT molecular complexity index is 661. The van der Waals surface area contributed by atoms with Gasteiger partial charge in [0.2, 0.25) is 5.89 Å². The molecule has 1 N–H and O–H groups in total. The van der Waals surface area contributed by atoms with Crippen LogP contribution in [0.2, 0.25) is 0 Å². The lowest BCUT2D eigenvalue weighted by molar-refractivity contribution is 0.287. The highest BCUT2D eigenvalue weighted by atomic mass is 79.9. The summed E-state index contributed by atoms with van der Waals surface area (Å²) in [5.41, 5.74) is 1.01. The molecule has 132 valence electrons. The SMILES string of the molecule is CCOc1cc(Br)c(Cc2nc(CC(C)NC)no2)cc1OCC. The monoisotopic (exact) mass is 397 g/mol. The summed E-state index contributed by atoms with van der Waals surface area (Å²) >= 11 is 3.58. The normalized spacial score (nSPS) is 12.2. The lowest BCUT2D eigenvalue weighted by Crippen LogP contribution is -2.24. The van der Waals surface area contributed by atoms with Crippen molar-refractivity contribution in [1.82, 2.24) is 15.5 Å². The molecule has 1 atom stereocenters. The smallest absolute Gasteiger partial charge is 0.231 e. The molecule has 0 radical (unpaired) electrons. The number of aromatic nitrogens is 2. The second kappa shape index (κ2) is 9.03. The first-order valence-corrected chi connectivity index (χ1v) is 8.93. The van der Waals surface area contributed by atoms with Crippen molar-refractivity contribution < 1.29 is 14.0 Å². The van der Waals surface area contributed by atoms with Gasteiger partial charge >= 0.3 is 0 Å². The Morgan fingerprint density at radius 1 is 1.21 bits per heavy atom. The maximum absolute atomic E-state index is 5.67. The van der Waals surface area contributed by atoms with Crippen LogP contribution < -0.4 is 14.8 Å². The van der Waals surface area contributed by atoms with E-state index in [1.165, 1.54) is 0 Å². The summed E-state index contributed by atoms with van der Waals surface area (Å²) in [5, 5.41) is 7.20. The van der Waals surface area contributed by atoms with Gasteiger partial charge in [-0.1, -0.05) is 21.1 Å². The van der Waals surface area contributed by atoms with E-state index >= 15 is 0 Å². The molecule has 2 aromatic rings. The molecular weight excluding hydrogens is 374 g/mol. The van der Waals surface area contributed by atoms with E-state index in [4.69, 9.17) is 14.0 Å². The number of nitrogens with zero attached hydrogens (tertiary/aromatic N) is 2. The minimum Gasteiger partial charge on any atom is -0.490 e. The summed E-state index contributed by atoms with van der Waals surface area (Å²) in [4.78, 5) is 4.46. The van der Waals surface area contributed by atoms with Crippen LogP contribution in [0.15, 0.2) is 21.1 Å². The summed E-state index contributed by atoms with van der Waals surface area (Å²) in [6.07, 6.45) is 1.27. The van der Waals surface area contributed by atoms with Gasteiger partial charge in [0.1, 0.15) is 0 Å². The third kappa shape index (κ3) is 4.95. The molecule has 0 saturated heterocycles. The number of nitrogens with one attached hydrogen (secondary N) is 1. The Kier molecular flexibility index (Phi) is 7.05. The van der Waals surface area contributed by atoms with Gasteiger partial charge in [-0.25, -0.2) is 0 Å². The first kappa shape index (κ1) is 18.7. The Morgan fingerprint density at radius 2 is 1.88 bits per heavy atom. The van der Waals surface area contributed by atoms with Crippen molar-refractivity contribution in [3.05, 3.63) is 33.9 Å². The number of ether oxygens (including phenoxy) is 2. The van der Waals surface area contributed by atoms with Gasteiger partial charge in [0.15, 0.2) is 17.3 Å². The van der Waals surface area contributed by atoms with Crippen molar-refractivity contribution >= 4 is 15.9 Å². The summed E-state index contributed by atoms with van der Waals surface area (Å²) in [6.45, 7) is 7.14. The van der Waals surface area contributed by atoms with Gasteiger partial charge in [-0.15, -0.1) is 0 Å². The zero-order chi connectivity index (χ0) is 17.5. The summed E-state index contributed by atoms with van der Waals surface area (Å²) in [6, 6.07) is 4.18. The summed E-state index contributed by atoms with van der Waals surface area (Å²) in [7, 11) is 1.91. The number of benzene rings is 1. The van der Waals surface area contributed by atoms with Gasteiger partial charge in [-0.3, -0.25) is 0 Å². The predicted molar refractivity (Wildman–Crippen MR) is 95.8 cm³/mol. The molecule has 1 aromatic heterocycles. The van der Waals surface area contributed by atoms with Crippen LogP contribution in [0.3, 0.4) is 0 Å². The van der Waals surface area contributed by atoms with Crippen molar-refractivity contribution in [3.8, 4) is 11.5 Å². The van der Waals surface area contributed by atoms with E-state index < -0.39 is 0 Å². The van der Waals surface area contributed by atoms with Crippen molar-refractivity contribution in [3.63, 3.8) is 0 Å². The Balaban J connectivity index is 2.18. The Morgan fingerprint density at radius 3 is 2.50 bits per heavy atom. The van der Waals surface area contributed by atoms with E-state index in [1.807, 2.05) is 33.0 Å². The second-order valence-electron chi connectivity index (χ2n) is 5.43. The highest BCUT2D eigenvalue weighted by Gasteiger charge is 2.15. The third-order valence-electron chi connectivity index (χ3n) is 3.55. The average molecular weight is 398 g/mol. The van der Waals surface area contributed by atoms with Crippen molar-refractivity contribution in [1.29, 1.82) is 0 Å². The minimum atomic E-state index is 0.303. The Labute approximate surface area is 151 Å². The van der Waals surface area contributed by atoms with Crippen LogP contribution >= 0.6 is 15.9 Å². The van der Waals surface area contributed by atoms with Crippen LogP contribution in [0.25, 0.3) is 0 Å². The zero-order valence-corrected chi connectivity index (χ0v) is 16.1. The van der Waals surface area contributed by atoms with E-state index in [9.17, 15) is 0 Å². The molecule has 6 nitrogen and oxygen atoms in total. The van der Waals surface area contributed by atoms with Crippen molar-refractivity contribution in [2.75, 3.05) is 20.3 Å². The minimum absolute atomic E-state index is 0.303. The predicted octanol–water partition coefficient (Wildman–Crippen LogP) is 3.37. The quantitative estimate of drug-likeness (QED) is 0.699. The van der Waals surface area contributed by atoms with E-state index in [0.29, 0.717) is 37.4 Å². The van der Waals surface area contributed by atoms with Gasteiger partial charge in [0.25, 0.3) is 0 Å². The second-order valence-corrected chi connectivity index (χ2v) is 6.29. The fourth-order valence-corrected chi connectivity index (χ4v) is 2.70. The maximum Gasteiger partial charge on any atom is 0.231 e. The molecular formula is C17H24BrN3O3.